The average molecular weight is 205 g/mol. The Morgan fingerprint density at radius 3 is 2.07 bits per heavy atom. The maximum Gasteiger partial charge on any atom is 0.00356 e. The van der Waals surface area contributed by atoms with Gasteiger partial charge in [0.05, 0.1) is 0 Å². The first-order chi connectivity index (χ1) is 7.13. The molecule has 0 aliphatic carbocycles. The lowest BCUT2D eigenvalue weighted by Gasteiger charge is -2.20. The first-order valence-electron chi connectivity index (χ1n) is 5.91. The molecule has 1 rings (SSSR count). The Hall–Kier alpha value is -0.820. The summed E-state index contributed by atoms with van der Waals surface area (Å²) >= 11 is 0. The SMILES string of the molecule is CCc1ccc(CCN(C)C(C)C)cc1. The number of nitrogens with zero attached hydrogens (tertiary/aromatic N) is 1. The van der Waals surface area contributed by atoms with E-state index in [0.717, 1.165) is 19.4 Å². The fourth-order valence-electron chi connectivity index (χ4n) is 1.51. The van der Waals surface area contributed by atoms with Crippen LogP contribution in [0.5, 0.6) is 0 Å². The summed E-state index contributed by atoms with van der Waals surface area (Å²) in [5, 5.41) is 0. The molecule has 0 spiro atoms. The van der Waals surface area contributed by atoms with Crippen LogP contribution < -0.4 is 0 Å². The van der Waals surface area contributed by atoms with Crippen molar-refractivity contribution in [2.24, 2.45) is 0 Å². The minimum atomic E-state index is 0.639. The van der Waals surface area contributed by atoms with Crippen LogP contribution in [0.3, 0.4) is 0 Å². The number of hydrogen-bond donors (Lipinski definition) is 0. The Balaban J connectivity index is 2.44. The summed E-state index contributed by atoms with van der Waals surface area (Å²) in [6, 6.07) is 9.63. The van der Waals surface area contributed by atoms with Gasteiger partial charge in [0.25, 0.3) is 0 Å². The van der Waals surface area contributed by atoms with Crippen LogP contribution >= 0.6 is 0 Å². The molecule has 1 nitrogen and oxygen atoms in total. The molecule has 84 valence electrons. The van der Waals surface area contributed by atoms with Crippen molar-refractivity contribution in [3.05, 3.63) is 35.4 Å². The molecule has 0 aliphatic rings. The van der Waals surface area contributed by atoms with Crippen LogP contribution in [0.25, 0.3) is 0 Å². The quantitative estimate of drug-likeness (QED) is 0.714. The lowest BCUT2D eigenvalue weighted by atomic mass is 10.1. The van der Waals surface area contributed by atoms with Gasteiger partial charge < -0.3 is 4.90 Å². The van der Waals surface area contributed by atoms with E-state index in [1.54, 1.807) is 0 Å². The average Bonchev–Trinajstić information content (AvgIpc) is 2.26. The van der Waals surface area contributed by atoms with Crippen LogP contribution in [0.4, 0.5) is 0 Å². The monoisotopic (exact) mass is 205 g/mol. The van der Waals surface area contributed by atoms with E-state index < -0.39 is 0 Å². The van der Waals surface area contributed by atoms with E-state index in [2.05, 4.69) is 57.0 Å². The Labute approximate surface area is 94.1 Å². The number of aryl methyl sites for hydroxylation is 1. The molecule has 0 aliphatic heterocycles. The normalized spacial score (nSPS) is 11.3. The van der Waals surface area contributed by atoms with Crippen LogP contribution in [0.15, 0.2) is 24.3 Å². The van der Waals surface area contributed by atoms with Crippen molar-refractivity contribution in [1.29, 1.82) is 0 Å². The fourth-order valence-corrected chi connectivity index (χ4v) is 1.51. The molecule has 0 amide bonds. The van der Waals surface area contributed by atoms with E-state index in [4.69, 9.17) is 0 Å². The highest BCUT2D eigenvalue weighted by molar-refractivity contribution is 5.22. The number of rotatable bonds is 5. The van der Waals surface area contributed by atoms with E-state index in [1.807, 2.05) is 0 Å². The molecule has 1 aromatic carbocycles. The van der Waals surface area contributed by atoms with Crippen molar-refractivity contribution >= 4 is 0 Å². The van der Waals surface area contributed by atoms with Crippen molar-refractivity contribution < 1.29 is 0 Å². The topological polar surface area (TPSA) is 3.24 Å². The summed E-state index contributed by atoms with van der Waals surface area (Å²) < 4.78 is 0. The third-order valence-electron chi connectivity index (χ3n) is 3.07. The van der Waals surface area contributed by atoms with E-state index >= 15 is 0 Å². The summed E-state index contributed by atoms with van der Waals surface area (Å²) in [5.41, 5.74) is 2.87. The Kier molecular flexibility index (Phi) is 4.83. The van der Waals surface area contributed by atoms with Crippen LogP contribution in [0, 0.1) is 0 Å². The molecular weight excluding hydrogens is 182 g/mol. The van der Waals surface area contributed by atoms with Gasteiger partial charge in [-0.3, -0.25) is 0 Å². The molecule has 0 saturated carbocycles. The number of likely N-dealkylation sites (N-methyl/N-ethyl adjacent to an activating group) is 1. The first-order valence-corrected chi connectivity index (χ1v) is 5.91. The maximum absolute atomic E-state index is 2.38. The second-order valence-electron chi connectivity index (χ2n) is 4.49. The van der Waals surface area contributed by atoms with Crippen LogP contribution in [0.2, 0.25) is 0 Å². The lowest BCUT2D eigenvalue weighted by molar-refractivity contribution is 0.277. The molecule has 0 atom stereocenters. The molecule has 1 heteroatoms. The van der Waals surface area contributed by atoms with Gasteiger partial charge in [0, 0.05) is 12.6 Å². The second kappa shape index (κ2) is 5.92. The second-order valence-corrected chi connectivity index (χ2v) is 4.49. The minimum absolute atomic E-state index is 0.639. The molecule has 0 N–H and O–H groups in total. The summed E-state index contributed by atoms with van der Waals surface area (Å²) in [4.78, 5) is 2.38. The van der Waals surface area contributed by atoms with E-state index in [1.165, 1.54) is 11.1 Å². The van der Waals surface area contributed by atoms with Crippen molar-refractivity contribution in [3.63, 3.8) is 0 Å². The first kappa shape index (κ1) is 12.3. The minimum Gasteiger partial charge on any atom is -0.304 e. The van der Waals surface area contributed by atoms with Crippen LogP contribution in [-0.4, -0.2) is 24.5 Å². The van der Waals surface area contributed by atoms with Gasteiger partial charge in [0.1, 0.15) is 0 Å². The van der Waals surface area contributed by atoms with E-state index in [0.29, 0.717) is 6.04 Å². The molecule has 0 heterocycles. The van der Waals surface area contributed by atoms with Crippen molar-refractivity contribution in [1.82, 2.24) is 4.90 Å². The predicted molar refractivity (Wildman–Crippen MR) is 67.3 cm³/mol. The smallest absolute Gasteiger partial charge is 0.00356 e. The highest BCUT2D eigenvalue weighted by Crippen LogP contribution is 2.06. The van der Waals surface area contributed by atoms with Gasteiger partial charge in [-0.05, 0) is 44.9 Å². The maximum atomic E-state index is 2.38. The molecular formula is C14H23N. The molecule has 0 unspecified atom stereocenters. The van der Waals surface area contributed by atoms with Crippen molar-refractivity contribution in [2.45, 2.75) is 39.7 Å². The fraction of sp³-hybridized carbons (Fsp3) is 0.571. The Bertz CT molecular complexity index is 274. The molecule has 0 saturated heterocycles. The third kappa shape index (κ3) is 4.05. The Morgan fingerprint density at radius 1 is 1.07 bits per heavy atom. The summed E-state index contributed by atoms with van der Waals surface area (Å²) in [6.45, 7) is 7.81. The lowest BCUT2D eigenvalue weighted by Crippen LogP contribution is -2.28. The molecule has 1 aromatic rings. The van der Waals surface area contributed by atoms with Crippen LogP contribution in [0.1, 0.15) is 31.9 Å². The summed E-state index contributed by atoms with van der Waals surface area (Å²) in [5.74, 6) is 0. The van der Waals surface area contributed by atoms with Gasteiger partial charge in [-0.1, -0.05) is 31.2 Å². The van der Waals surface area contributed by atoms with Gasteiger partial charge in [-0.15, -0.1) is 0 Å². The van der Waals surface area contributed by atoms with Crippen molar-refractivity contribution in [2.75, 3.05) is 13.6 Å². The highest BCUT2D eigenvalue weighted by atomic mass is 15.1. The van der Waals surface area contributed by atoms with E-state index in [-0.39, 0.29) is 0 Å². The van der Waals surface area contributed by atoms with Crippen LogP contribution in [-0.2, 0) is 12.8 Å². The zero-order chi connectivity index (χ0) is 11.3. The molecule has 0 bridgehead atoms. The number of hydrogen-bond acceptors (Lipinski definition) is 1. The van der Waals surface area contributed by atoms with Gasteiger partial charge in [0.15, 0.2) is 0 Å². The number of benzene rings is 1. The highest BCUT2D eigenvalue weighted by Gasteiger charge is 2.02. The summed E-state index contributed by atoms with van der Waals surface area (Å²) in [7, 11) is 2.19. The van der Waals surface area contributed by atoms with Gasteiger partial charge in [0.2, 0.25) is 0 Å². The van der Waals surface area contributed by atoms with Crippen molar-refractivity contribution in [3.8, 4) is 0 Å². The van der Waals surface area contributed by atoms with Gasteiger partial charge in [-0.25, -0.2) is 0 Å². The Morgan fingerprint density at radius 2 is 1.60 bits per heavy atom. The molecule has 0 aromatic heterocycles. The van der Waals surface area contributed by atoms with Gasteiger partial charge in [-0.2, -0.15) is 0 Å². The third-order valence-corrected chi connectivity index (χ3v) is 3.07. The summed E-state index contributed by atoms with van der Waals surface area (Å²) in [6.07, 6.45) is 2.28. The zero-order valence-electron chi connectivity index (χ0n) is 10.5. The molecule has 0 fully saturated rings. The standard InChI is InChI=1S/C14H23N/c1-5-13-6-8-14(9-7-13)10-11-15(4)12(2)3/h6-9,12H,5,10-11H2,1-4H3. The van der Waals surface area contributed by atoms with E-state index in [9.17, 15) is 0 Å². The molecule has 15 heavy (non-hydrogen) atoms. The molecule has 0 radical (unpaired) electrons. The predicted octanol–water partition coefficient (Wildman–Crippen LogP) is 3.13. The largest absolute Gasteiger partial charge is 0.304 e. The zero-order valence-corrected chi connectivity index (χ0v) is 10.5. The van der Waals surface area contributed by atoms with Gasteiger partial charge >= 0.3 is 0 Å².